The summed E-state index contributed by atoms with van der Waals surface area (Å²) in [5.41, 5.74) is 3.70. The summed E-state index contributed by atoms with van der Waals surface area (Å²) in [6.07, 6.45) is 3.70. The Morgan fingerprint density at radius 3 is 2.19 bits per heavy atom. The summed E-state index contributed by atoms with van der Waals surface area (Å²) >= 11 is 6.00. The van der Waals surface area contributed by atoms with Crippen LogP contribution in [0.4, 0.5) is 10.1 Å². The number of carbonyl (C=O) groups excluding carboxylic acids is 1. The van der Waals surface area contributed by atoms with Crippen molar-refractivity contribution in [2.24, 2.45) is 0 Å². The van der Waals surface area contributed by atoms with Gasteiger partial charge >= 0.3 is 0 Å². The monoisotopic (exact) mass is 375 g/mol. The lowest BCUT2D eigenvalue weighted by Gasteiger charge is -2.21. The van der Waals surface area contributed by atoms with E-state index in [9.17, 15) is 9.18 Å². The molecule has 132 valence electrons. The molecule has 0 unspecified atom stereocenters. The maximum Gasteiger partial charge on any atom is 0.262 e. The molecule has 3 aromatic rings. The van der Waals surface area contributed by atoms with Crippen LogP contribution in [-0.4, -0.2) is 5.91 Å². The zero-order valence-corrected chi connectivity index (χ0v) is 15.0. The number of anilines is 1. The van der Waals surface area contributed by atoms with Crippen LogP contribution in [0.3, 0.4) is 0 Å². The van der Waals surface area contributed by atoms with E-state index in [1.54, 1.807) is 29.2 Å². The predicted octanol–water partition coefficient (Wildman–Crippen LogP) is 5.95. The predicted molar refractivity (Wildman–Crippen MR) is 108 cm³/mol. The third-order valence-electron chi connectivity index (χ3n) is 4.33. The van der Waals surface area contributed by atoms with Crippen molar-refractivity contribution in [2.75, 3.05) is 4.90 Å². The molecular weight excluding hydrogens is 361 g/mol. The van der Waals surface area contributed by atoms with Gasteiger partial charge in [0.05, 0.1) is 5.70 Å². The summed E-state index contributed by atoms with van der Waals surface area (Å²) in [6.45, 7) is 0. The van der Waals surface area contributed by atoms with Crippen LogP contribution in [0.25, 0.3) is 11.8 Å². The van der Waals surface area contributed by atoms with E-state index in [4.69, 9.17) is 11.6 Å². The Kier molecular flexibility index (Phi) is 4.61. The van der Waals surface area contributed by atoms with Crippen molar-refractivity contribution in [1.82, 2.24) is 0 Å². The molecule has 1 aliphatic heterocycles. The van der Waals surface area contributed by atoms with Gasteiger partial charge in [-0.25, -0.2) is 4.39 Å². The zero-order chi connectivity index (χ0) is 18.8. The Balaban J connectivity index is 1.82. The number of benzene rings is 3. The largest absolute Gasteiger partial charge is 0.276 e. The first-order chi connectivity index (χ1) is 13.1. The van der Waals surface area contributed by atoms with E-state index in [1.165, 1.54) is 12.1 Å². The minimum absolute atomic E-state index is 0.157. The van der Waals surface area contributed by atoms with Gasteiger partial charge in [0, 0.05) is 16.3 Å². The van der Waals surface area contributed by atoms with Crippen LogP contribution in [0.2, 0.25) is 5.02 Å². The summed E-state index contributed by atoms with van der Waals surface area (Å²) in [4.78, 5) is 14.7. The third kappa shape index (κ3) is 3.55. The lowest BCUT2D eigenvalue weighted by Crippen LogP contribution is -2.24. The second kappa shape index (κ2) is 7.22. The van der Waals surface area contributed by atoms with Crippen molar-refractivity contribution in [3.63, 3.8) is 0 Å². The van der Waals surface area contributed by atoms with Crippen molar-refractivity contribution < 1.29 is 9.18 Å². The first-order valence-corrected chi connectivity index (χ1v) is 8.84. The van der Waals surface area contributed by atoms with Crippen LogP contribution >= 0.6 is 11.6 Å². The summed E-state index contributed by atoms with van der Waals surface area (Å²) in [5.74, 6) is -0.502. The zero-order valence-electron chi connectivity index (χ0n) is 14.3. The third-order valence-corrected chi connectivity index (χ3v) is 4.58. The Morgan fingerprint density at radius 1 is 0.852 bits per heavy atom. The van der Waals surface area contributed by atoms with Crippen LogP contribution in [0.5, 0.6) is 0 Å². The van der Waals surface area contributed by atoms with Crippen LogP contribution in [0, 0.1) is 5.82 Å². The van der Waals surface area contributed by atoms with E-state index < -0.39 is 0 Å². The summed E-state index contributed by atoms with van der Waals surface area (Å²) < 4.78 is 13.4. The maximum atomic E-state index is 13.4. The van der Waals surface area contributed by atoms with Gasteiger partial charge in [-0.2, -0.15) is 0 Å². The van der Waals surface area contributed by atoms with Gasteiger partial charge in [-0.15, -0.1) is 0 Å². The molecule has 0 bridgehead atoms. The second-order valence-corrected chi connectivity index (χ2v) is 6.60. The van der Waals surface area contributed by atoms with Gasteiger partial charge in [0.1, 0.15) is 5.82 Å². The SMILES string of the molecule is O=C1/C(=C/c2ccccc2)C=C(c2ccc(Cl)cc2)N1c1ccc(F)cc1. The summed E-state index contributed by atoms with van der Waals surface area (Å²) in [6, 6.07) is 22.8. The smallest absolute Gasteiger partial charge is 0.262 e. The van der Waals surface area contributed by atoms with Crippen LogP contribution in [0.15, 0.2) is 90.5 Å². The Hall–Kier alpha value is -3.17. The molecule has 0 atom stereocenters. The highest BCUT2D eigenvalue weighted by Crippen LogP contribution is 2.35. The molecule has 2 nitrogen and oxygen atoms in total. The second-order valence-electron chi connectivity index (χ2n) is 6.16. The number of carbonyl (C=O) groups is 1. The van der Waals surface area contributed by atoms with Gasteiger partial charge in [0.25, 0.3) is 5.91 Å². The average Bonchev–Trinajstić information content (AvgIpc) is 3.00. The molecule has 1 aliphatic rings. The van der Waals surface area contributed by atoms with Crippen molar-refractivity contribution in [3.05, 3.63) is 112 Å². The molecule has 0 fully saturated rings. The minimum Gasteiger partial charge on any atom is -0.276 e. The van der Waals surface area contributed by atoms with E-state index in [2.05, 4.69) is 0 Å². The van der Waals surface area contributed by atoms with Crippen molar-refractivity contribution in [1.29, 1.82) is 0 Å². The number of amides is 1. The molecule has 1 heterocycles. The molecule has 1 amide bonds. The maximum absolute atomic E-state index is 13.4. The molecule has 0 spiro atoms. The fraction of sp³-hybridized carbons (Fsp3) is 0. The quantitative estimate of drug-likeness (QED) is 0.518. The molecule has 0 aromatic heterocycles. The molecule has 0 N–H and O–H groups in total. The number of nitrogens with zero attached hydrogens (tertiary/aromatic N) is 1. The highest BCUT2D eigenvalue weighted by Gasteiger charge is 2.30. The number of hydrogen-bond donors (Lipinski definition) is 0. The Labute approximate surface area is 161 Å². The van der Waals surface area contributed by atoms with Crippen LogP contribution in [-0.2, 0) is 4.79 Å². The minimum atomic E-state index is -0.345. The lowest BCUT2D eigenvalue weighted by molar-refractivity contribution is -0.113. The van der Waals surface area contributed by atoms with E-state index in [1.807, 2.05) is 54.6 Å². The standard InChI is InChI=1S/C23H15ClFNO/c24-19-8-6-17(7-9-19)22-15-18(14-16-4-2-1-3-5-16)23(27)26(22)21-12-10-20(25)11-13-21/h1-15H/b18-14+. The molecule has 0 radical (unpaired) electrons. The van der Waals surface area contributed by atoms with Gasteiger partial charge in [-0.05, 0) is 59.7 Å². The van der Waals surface area contributed by atoms with Crippen LogP contribution in [0.1, 0.15) is 11.1 Å². The molecule has 3 aromatic carbocycles. The molecular formula is C23H15ClFNO. The highest BCUT2D eigenvalue weighted by atomic mass is 35.5. The van der Waals surface area contributed by atoms with Gasteiger partial charge < -0.3 is 0 Å². The van der Waals surface area contributed by atoms with Gasteiger partial charge in [-0.3, -0.25) is 9.69 Å². The van der Waals surface area contributed by atoms with E-state index >= 15 is 0 Å². The van der Waals surface area contributed by atoms with Crippen LogP contribution < -0.4 is 4.90 Å². The fourth-order valence-electron chi connectivity index (χ4n) is 3.02. The first kappa shape index (κ1) is 17.3. The first-order valence-electron chi connectivity index (χ1n) is 8.46. The number of rotatable bonds is 3. The van der Waals surface area contributed by atoms with Gasteiger partial charge in [0.15, 0.2) is 0 Å². The van der Waals surface area contributed by atoms with Crippen molar-refractivity contribution >= 4 is 35.0 Å². The Bertz CT molecular complexity index is 1040. The summed E-state index contributed by atoms with van der Waals surface area (Å²) in [7, 11) is 0. The van der Waals surface area contributed by atoms with E-state index in [0.717, 1.165) is 16.8 Å². The highest BCUT2D eigenvalue weighted by molar-refractivity contribution is 6.30. The molecule has 0 aliphatic carbocycles. The van der Waals surface area contributed by atoms with E-state index in [0.29, 0.717) is 16.3 Å². The van der Waals surface area contributed by atoms with Crippen molar-refractivity contribution in [3.8, 4) is 0 Å². The van der Waals surface area contributed by atoms with Gasteiger partial charge in [-0.1, -0.05) is 54.1 Å². The molecule has 27 heavy (non-hydrogen) atoms. The van der Waals surface area contributed by atoms with E-state index in [-0.39, 0.29) is 11.7 Å². The normalized spacial score (nSPS) is 15.3. The number of hydrogen-bond acceptors (Lipinski definition) is 1. The molecule has 0 saturated carbocycles. The molecule has 4 heteroatoms. The topological polar surface area (TPSA) is 20.3 Å². The fourth-order valence-corrected chi connectivity index (χ4v) is 3.15. The van der Waals surface area contributed by atoms with Gasteiger partial charge in [0.2, 0.25) is 0 Å². The molecule has 4 rings (SSSR count). The average molecular weight is 376 g/mol. The molecule has 0 saturated heterocycles. The number of halogens is 2. The van der Waals surface area contributed by atoms with Crippen molar-refractivity contribution in [2.45, 2.75) is 0 Å². The lowest BCUT2D eigenvalue weighted by atomic mass is 10.1. The summed E-state index contributed by atoms with van der Waals surface area (Å²) in [5, 5.41) is 0.622. The Morgan fingerprint density at radius 2 is 1.52 bits per heavy atom.